The third-order valence-corrected chi connectivity index (χ3v) is 5.48. The van der Waals surface area contributed by atoms with Crippen molar-refractivity contribution in [1.29, 1.82) is 0 Å². The molecule has 1 aromatic carbocycles. The highest BCUT2D eigenvalue weighted by Gasteiger charge is 2.36. The Labute approximate surface area is 128 Å². The van der Waals surface area contributed by atoms with Crippen LogP contribution in [0.3, 0.4) is 0 Å². The summed E-state index contributed by atoms with van der Waals surface area (Å²) in [5.41, 5.74) is 2.90. The molecule has 0 aliphatic heterocycles. The molecular weight excluding hydrogens is 261 g/mol. The lowest BCUT2D eigenvalue weighted by atomic mass is 9.69. The minimum atomic E-state index is -0.0976. The monoisotopic (exact) mass is 289 g/mol. The van der Waals surface area contributed by atoms with Gasteiger partial charge >= 0.3 is 0 Å². The molecule has 0 saturated heterocycles. The molecule has 3 rings (SSSR count). The summed E-state index contributed by atoms with van der Waals surface area (Å²) in [5.74, 6) is 0.649. The molecule has 2 aliphatic carbocycles. The number of hydrogen-bond acceptors (Lipinski definition) is 1. The molecule has 1 nitrogen and oxygen atoms in total. The van der Waals surface area contributed by atoms with Crippen LogP contribution in [-0.2, 0) is 6.42 Å². The molecule has 3 atom stereocenters. The second-order valence-corrected chi connectivity index (χ2v) is 7.96. The fourth-order valence-electron chi connectivity index (χ4n) is 4.38. The largest absolute Gasteiger partial charge is 0.307 e. The van der Waals surface area contributed by atoms with E-state index < -0.39 is 0 Å². The first-order valence-corrected chi connectivity index (χ1v) is 8.49. The van der Waals surface area contributed by atoms with Crippen molar-refractivity contribution in [3.05, 3.63) is 35.1 Å². The standard InChI is InChI=1S/C19H28FN/c1-19(2,3)16-6-4-5-7-18(16)21-17-11-8-13-12-14(20)9-10-15(13)17/h9-10,12,16-18,21H,4-8,11H2,1-3H3. The van der Waals surface area contributed by atoms with E-state index >= 15 is 0 Å². The van der Waals surface area contributed by atoms with Gasteiger partial charge in [0.1, 0.15) is 5.82 Å². The summed E-state index contributed by atoms with van der Waals surface area (Å²) in [6.07, 6.45) is 7.46. The lowest BCUT2D eigenvalue weighted by Crippen LogP contribution is -2.45. The molecule has 0 aromatic heterocycles. The van der Waals surface area contributed by atoms with Gasteiger partial charge in [0.2, 0.25) is 0 Å². The van der Waals surface area contributed by atoms with E-state index in [1.54, 1.807) is 12.1 Å². The van der Waals surface area contributed by atoms with Gasteiger partial charge in [-0.1, -0.05) is 39.7 Å². The molecule has 0 radical (unpaired) electrons. The number of rotatable bonds is 2. The second kappa shape index (κ2) is 5.72. The van der Waals surface area contributed by atoms with Gasteiger partial charge in [-0.25, -0.2) is 4.39 Å². The lowest BCUT2D eigenvalue weighted by molar-refractivity contribution is 0.123. The highest BCUT2D eigenvalue weighted by atomic mass is 19.1. The van der Waals surface area contributed by atoms with Crippen LogP contribution in [0.1, 0.15) is 70.0 Å². The molecule has 21 heavy (non-hydrogen) atoms. The summed E-state index contributed by atoms with van der Waals surface area (Å²) in [4.78, 5) is 0. The Morgan fingerprint density at radius 3 is 2.62 bits per heavy atom. The fourth-order valence-corrected chi connectivity index (χ4v) is 4.38. The Morgan fingerprint density at radius 1 is 1.10 bits per heavy atom. The number of halogens is 1. The van der Waals surface area contributed by atoms with E-state index in [0.717, 1.165) is 18.8 Å². The van der Waals surface area contributed by atoms with E-state index in [0.29, 0.717) is 17.5 Å². The summed E-state index contributed by atoms with van der Waals surface area (Å²) in [7, 11) is 0. The molecule has 2 aliphatic rings. The topological polar surface area (TPSA) is 12.0 Å². The Morgan fingerprint density at radius 2 is 1.86 bits per heavy atom. The van der Waals surface area contributed by atoms with Gasteiger partial charge in [0.15, 0.2) is 0 Å². The van der Waals surface area contributed by atoms with E-state index in [9.17, 15) is 4.39 Å². The van der Waals surface area contributed by atoms with Crippen LogP contribution in [0, 0.1) is 17.2 Å². The summed E-state index contributed by atoms with van der Waals surface area (Å²) in [5, 5.41) is 3.93. The fraction of sp³-hybridized carbons (Fsp3) is 0.684. The average Bonchev–Trinajstić information content (AvgIpc) is 2.80. The van der Waals surface area contributed by atoms with Gasteiger partial charge in [0.05, 0.1) is 0 Å². The number of hydrogen-bond donors (Lipinski definition) is 1. The normalized spacial score (nSPS) is 29.4. The van der Waals surface area contributed by atoms with E-state index in [-0.39, 0.29) is 5.82 Å². The van der Waals surface area contributed by atoms with Crippen molar-refractivity contribution in [3.63, 3.8) is 0 Å². The Bertz CT molecular complexity index is 503. The van der Waals surface area contributed by atoms with Crippen molar-refractivity contribution < 1.29 is 4.39 Å². The lowest BCUT2D eigenvalue weighted by Gasteiger charge is -2.42. The smallest absolute Gasteiger partial charge is 0.123 e. The average molecular weight is 289 g/mol. The second-order valence-electron chi connectivity index (χ2n) is 7.96. The van der Waals surface area contributed by atoms with Crippen LogP contribution < -0.4 is 5.32 Å². The van der Waals surface area contributed by atoms with E-state index in [1.807, 2.05) is 6.07 Å². The number of fused-ring (bicyclic) bond motifs is 1. The highest BCUT2D eigenvalue weighted by Crippen LogP contribution is 2.40. The molecule has 0 heterocycles. The third kappa shape index (κ3) is 3.15. The van der Waals surface area contributed by atoms with Crippen molar-refractivity contribution in [2.45, 2.75) is 71.4 Å². The molecular formula is C19H28FN. The molecule has 1 aromatic rings. The van der Waals surface area contributed by atoms with Crippen molar-refractivity contribution in [1.82, 2.24) is 5.32 Å². The molecule has 116 valence electrons. The van der Waals surface area contributed by atoms with Crippen molar-refractivity contribution in [2.24, 2.45) is 11.3 Å². The highest BCUT2D eigenvalue weighted by molar-refractivity contribution is 5.35. The molecule has 0 bridgehead atoms. The predicted octanol–water partition coefficient (Wildman–Crippen LogP) is 5.01. The predicted molar refractivity (Wildman–Crippen MR) is 85.8 cm³/mol. The van der Waals surface area contributed by atoms with Crippen molar-refractivity contribution in [3.8, 4) is 0 Å². The summed E-state index contributed by atoms with van der Waals surface area (Å²) >= 11 is 0. The first-order valence-electron chi connectivity index (χ1n) is 8.49. The van der Waals surface area contributed by atoms with Gasteiger partial charge in [0, 0.05) is 12.1 Å². The molecule has 0 amide bonds. The van der Waals surface area contributed by atoms with Crippen LogP contribution in [0.15, 0.2) is 18.2 Å². The van der Waals surface area contributed by atoms with Crippen LogP contribution in [0.4, 0.5) is 4.39 Å². The van der Waals surface area contributed by atoms with Gasteiger partial charge in [-0.2, -0.15) is 0 Å². The maximum atomic E-state index is 13.3. The molecule has 2 heteroatoms. The summed E-state index contributed by atoms with van der Waals surface area (Å²) in [6.45, 7) is 7.11. The third-order valence-electron chi connectivity index (χ3n) is 5.48. The van der Waals surface area contributed by atoms with Gasteiger partial charge < -0.3 is 5.32 Å². The maximum Gasteiger partial charge on any atom is 0.123 e. The van der Waals surface area contributed by atoms with E-state index in [1.165, 1.54) is 36.8 Å². The number of nitrogens with one attached hydrogen (secondary N) is 1. The zero-order valence-corrected chi connectivity index (χ0v) is 13.6. The van der Waals surface area contributed by atoms with Crippen molar-refractivity contribution >= 4 is 0 Å². The van der Waals surface area contributed by atoms with E-state index in [2.05, 4.69) is 26.1 Å². The zero-order chi connectivity index (χ0) is 15.0. The summed E-state index contributed by atoms with van der Waals surface area (Å²) < 4.78 is 13.3. The van der Waals surface area contributed by atoms with Gasteiger partial charge in [-0.15, -0.1) is 0 Å². The maximum absolute atomic E-state index is 13.3. The first kappa shape index (κ1) is 15.0. The van der Waals surface area contributed by atoms with Crippen LogP contribution in [0.25, 0.3) is 0 Å². The number of benzene rings is 1. The first-order chi connectivity index (χ1) is 9.95. The molecule has 1 N–H and O–H groups in total. The Balaban J connectivity index is 1.75. The number of aryl methyl sites for hydroxylation is 1. The SMILES string of the molecule is CC(C)(C)C1CCCCC1NC1CCc2cc(F)ccc21. The molecule has 1 fully saturated rings. The molecule has 0 spiro atoms. The van der Waals surface area contributed by atoms with Crippen LogP contribution in [-0.4, -0.2) is 6.04 Å². The molecule has 3 unspecified atom stereocenters. The van der Waals surface area contributed by atoms with Gasteiger partial charge in [-0.05, 0) is 60.3 Å². The Hall–Kier alpha value is -0.890. The van der Waals surface area contributed by atoms with Crippen LogP contribution in [0.2, 0.25) is 0 Å². The van der Waals surface area contributed by atoms with Crippen LogP contribution >= 0.6 is 0 Å². The van der Waals surface area contributed by atoms with E-state index in [4.69, 9.17) is 0 Å². The minimum Gasteiger partial charge on any atom is -0.307 e. The van der Waals surface area contributed by atoms with Crippen LogP contribution in [0.5, 0.6) is 0 Å². The minimum absolute atomic E-state index is 0.0976. The zero-order valence-electron chi connectivity index (χ0n) is 13.6. The molecule has 1 saturated carbocycles. The van der Waals surface area contributed by atoms with Crippen molar-refractivity contribution in [2.75, 3.05) is 0 Å². The quantitative estimate of drug-likeness (QED) is 0.807. The summed E-state index contributed by atoms with van der Waals surface area (Å²) in [6, 6.07) is 6.36. The van der Waals surface area contributed by atoms with Gasteiger partial charge in [-0.3, -0.25) is 0 Å². The van der Waals surface area contributed by atoms with Gasteiger partial charge in [0.25, 0.3) is 0 Å². The Kier molecular flexibility index (Phi) is 4.09.